The van der Waals surface area contributed by atoms with Crippen molar-refractivity contribution in [1.29, 1.82) is 0 Å². The monoisotopic (exact) mass is 278 g/mol. The zero-order valence-electron chi connectivity index (χ0n) is 12.8. The van der Waals surface area contributed by atoms with Gasteiger partial charge in [-0.2, -0.15) is 5.10 Å². The number of hydrogen-bond acceptors (Lipinski definition) is 3. The molecule has 0 saturated heterocycles. The lowest BCUT2D eigenvalue weighted by molar-refractivity contribution is 0.0909. The minimum absolute atomic E-state index is 0.0944. The zero-order chi connectivity index (χ0) is 14.7. The van der Waals surface area contributed by atoms with Gasteiger partial charge in [-0.1, -0.05) is 19.3 Å². The summed E-state index contributed by atoms with van der Waals surface area (Å²) < 4.78 is 1.69. The summed E-state index contributed by atoms with van der Waals surface area (Å²) in [5.74, 6) is 0.496. The first kappa shape index (κ1) is 14.9. The number of nitrogens with zero attached hydrogens (tertiary/aromatic N) is 2. The number of carbonyl (C=O) groups excluding carboxylic acids is 1. The van der Waals surface area contributed by atoms with Crippen LogP contribution < -0.4 is 11.1 Å². The highest BCUT2D eigenvalue weighted by Crippen LogP contribution is 2.26. The Morgan fingerprint density at radius 1 is 1.45 bits per heavy atom. The molecule has 1 saturated carbocycles. The van der Waals surface area contributed by atoms with Crippen LogP contribution in [-0.2, 0) is 6.54 Å². The molecule has 2 rings (SSSR count). The van der Waals surface area contributed by atoms with Crippen LogP contribution in [0.3, 0.4) is 0 Å². The Morgan fingerprint density at radius 2 is 2.10 bits per heavy atom. The van der Waals surface area contributed by atoms with E-state index in [1.807, 2.05) is 13.8 Å². The van der Waals surface area contributed by atoms with Crippen molar-refractivity contribution >= 4 is 11.6 Å². The van der Waals surface area contributed by atoms with Crippen LogP contribution in [0.15, 0.2) is 0 Å². The molecule has 0 aromatic carbocycles. The van der Waals surface area contributed by atoms with Gasteiger partial charge in [0.05, 0.1) is 11.4 Å². The summed E-state index contributed by atoms with van der Waals surface area (Å²) in [5, 5.41) is 7.42. The van der Waals surface area contributed by atoms with Crippen LogP contribution in [0.5, 0.6) is 0 Å². The maximum absolute atomic E-state index is 12.5. The molecule has 1 aromatic rings. The molecule has 1 heterocycles. The third-order valence-corrected chi connectivity index (χ3v) is 4.40. The third-order valence-electron chi connectivity index (χ3n) is 4.40. The van der Waals surface area contributed by atoms with Crippen molar-refractivity contribution in [3.63, 3.8) is 0 Å². The number of nitrogens with two attached hydrogens (primary N) is 1. The molecule has 1 fully saturated rings. The molecule has 20 heavy (non-hydrogen) atoms. The van der Waals surface area contributed by atoms with Gasteiger partial charge < -0.3 is 11.1 Å². The van der Waals surface area contributed by atoms with E-state index in [4.69, 9.17) is 5.73 Å². The molecule has 1 aliphatic carbocycles. The van der Waals surface area contributed by atoms with Crippen LogP contribution in [0, 0.1) is 12.8 Å². The molecule has 1 aromatic heterocycles. The van der Waals surface area contributed by atoms with E-state index in [0.717, 1.165) is 5.69 Å². The average molecular weight is 278 g/mol. The average Bonchev–Trinajstić information content (AvgIpc) is 2.75. The van der Waals surface area contributed by atoms with E-state index >= 15 is 0 Å². The lowest BCUT2D eigenvalue weighted by Crippen LogP contribution is -2.40. The van der Waals surface area contributed by atoms with Gasteiger partial charge in [0.25, 0.3) is 5.91 Å². The molecule has 5 heteroatoms. The number of nitrogens with one attached hydrogen (secondary N) is 1. The molecule has 0 aliphatic heterocycles. The van der Waals surface area contributed by atoms with E-state index in [1.165, 1.54) is 32.1 Å². The summed E-state index contributed by atoms with van der Waals surface area (Å²) in [5.41, 5.74) is 7.72. The maximum Gasteiger partial charge on any atom is 0.271 e. The largest absolute Gasteiger partial charge is 0.395 e. The Hall–Kier alpha value is -1.52. The molecule has 1 amide bonds. The number of carbonyl (C=O) groups is 1. The summed E-state index contributed by atoms with van der Waals surface area (Å²) in [4.78, 5) is 12.5. The van der Waals surface area contributed by atoms with Gasteiger partial charge in [0.15, 0.2) is 0 Å². The van der Waals surface area contributed by atoms with Crippen molar-refractivity contribution in [3.8, 4) is 0 Å². The van der Waals surface area contributed by atoms with Gasteiger partial charge in [-0.05, 0) is 39.5 Å². The fourth-order valence-corrected chi connectivity index (χ4v) is 3.09. The van der Waals surface area contributed by atoms with Crippen molar-refractivity contribution in [2.45, 2.75) is 65.5 Å². The number of amides is 1. The molecule has 1 aliphatic rings. The first-order valence-corrected chi connectivity index (χ1v) is 7.68. The summed E-state index contributed by atoms with van der Waals surface area (Å²) in [6, 6.07) is 0.197. The van der Waals surface area contributed by atoms with E-state index in [2.05, 4.69) is 17.3 Å². The van der Waals surface area contributed by atoms with Gasteiger partial charge in [0.1, 0.15) is 5.69 Å². The Kier molecular flexibility index (Phi) is 4.68. The number of aryl methyl sites for hydroxylation is 2. The molecule has 3 N–H and O–H groups in total. The smallest absolute Gasteiger partial charge is 0.271 e. The van der Waals surface area contributed by atoms with Gasteiger partial charge >= 0.3 is 0 Å². The Morgan fingerprint density at radius 3 is 2.70 bits per heavy atom. The van der Waals surface area contributed by atoms with E-state index in [-0.39, 0.29) is 11.9 Å². The lowest BCUT2D eigenvalue weighted by atomic mass is 9.84. The number of rotatable bonds is 4. The number of aromatic nitrogens is 2. The molecule has 112 valence electrons. The highest BCUT2D eigenvalue weighted by molar-refractivity contribution is 5.98. The maximum atomic E-state index is 12.5. The lowest BCUT2D eigenvalue weighted by Gasteiger charge is -2.28. The fourth-order valence-electron chi connectivity index (χ4n) is 3.09. The molecule has 5 nitrogen and oxygen atoms in total. The van der Waals surface area contributed by atoms with Gasteiger partial charge in [-0.15, -0.1) is 0 Å². The normalized spacial score (nSPS) is 17.9. The van der Waals surface area contributed by atoms with Gasteiger partial charge in [-0.25, -0.2) is 0 Å². The Bertz CT molecular complexity index is 474. The van der Waals surface area contributed by atoms with Gasteiger partial charge in [0, 0.05) is 12.6 Å². The molecule has 0 bridgehead atoms. The van der Waals surface area contributed by atoms with Crippen LogP contribution in [0.4, 0.5) is 5.69 Å². The molecule has 1 unspecified atom stereocenters. The molecular formula is C15H26N4O. The minimum atomic E-state index is -0.0944. The molecule has 0 spiro atoms. The minimum Gasteiger partial charge on any atom is -0.395 e. The SMILES string of the molecule is CCn1nc(C)c(N)c1C(=O)NC(C)C1CCCCC1. The van der Waals surface area contributed by atoms with Crippen molar-refractivity contribution in [2.75, 3.05) is 5.73 Å². The summed E-state index contributed by atoms with van der Waals surface area (Å²) in [6.45, 7) is 6.55. The summed E-state index contributed by atoms with van der Waals surface area (Å²) in [7, 11) is 0. The van der Waals surface area contributed by atoms with Gasteiger partial charge in [-0.3, -0.25) is 9.48 Å². The Balaban J connectivity index is 2.07. The molecule has 0 radical (unpaired) electrons. The molecular weight excluding hydrogens is 252 g/mol. The Labute approximate surface area is 120 Å². The van der Waals surface area contributed by atoms with Crippen LogP contribution in [0.1, 0.15) is 62.1 Å². The summed E-state index contributed by atoms with van der Waals surface area (Å²) in [6.07, 6.45) is 6.30. The van der Waals surface area contributed by atoms with Crippen LogP contribution in [-0.4, -0.2) is 21.7 Å². The van der Waals surface area contributed by atoms with E-state index < -0.39 is 0 Å². The van der Waals surface area contributed by atoms with E-state index in [9.17, 15) is 4.79 Å². The second-order valence-electron chi connectivity index (χ2n) is 5.82. The fraction of sp³-hybridized carbons (Fsp3) is 0.733. The standard InChI is InChI=1S/C15H26N4O/c1-4-19-14(13(16)11(3)18-19)15(20)17-10(2)12-8-6-5-7-9-12/h10,12H,4-9,16H2,1-3H3,(H,17,20). The third kappa shape index (κ3) is 2.97. The number of hydrogen-bond donors (Lipinski definition) is 2. The first-order valence-electron chi connectivity index (χ1n) is 7.68. The van der Waals surface area contributed by atoms with Crippen molar-refractivity contribution in [2.24, 2.45) is 5.92 Å². The van der Waals surface area contributed by atoms with Crippen molar-refractivity contribution < 1.29 is 4.79 Å². The second-order valence-corrected chi connectivity index (χ2v) is 5.82. The molecule has 1 atom stereocenters. The van der Waals surface area contributed by atoms with Crippen molar-refractivity contribution in [3.05, 3.63) is 11.4 Å². The second kappa shape index (κ2) is 6.29. The zero-order valence-corrected chi connectivity index (χ0v) is 12.8. The van der Waals surface area contributed by atoms with E-state index in [1.54, 1.807) is 4.68 Å². The highest BCUT2D eigenvalue weighted by atomic mass is 16.2. The highest BCUT2D eigenvalue weighted by Gasteiger charge is 2.25. The van der Waals surface area contributed by atoms with Gasteiger partial charge in [0.2, 0.25) is 0 Å². The van der Waals surface area contributed by atoms with E-state index in [0.29, 0.717) is 23.8 Å². The van der Waals surface area contributed by atoms with Crippen LogP contribution >= 0.6 is 0 Å². The quantitative estimate of drug-likeness (QED) is 0.888. The first-order chi connectivity index (χ1) is 9.54. The number of anilines is 1. The van der Waals surface area contributed by atoms with Crippen molar-refractivity contribution in [1.82, 2.24) is 15.1 Å². The summed E-state index contributed by atoms with van der Waals surface area (Å²) >= 11 is 0. The predicted octanol–water partition coefficient (Wildman–Crippen LogP) is 2.49. The predicted molar refractivity (Wildman–Crippen MR) is 80.6 cm³/mol. The van der Waals surface area contributed by atoms with Crippen LogP contribution in [0.25, 0.3) is 0 Å². The van der Waals surface area contributed by atoms with Crippen LogP contribution in [0.2, 0.25) is 0 Å². The number of nitrogen functional groups attached to an aromatic ring is 1. The topological polar surface area (TPSA) is 72.9 Å².